The molecular weight excluding hydrogens is 144 g/mol. The average Bonchev–Trinajstić information content (AvgIpc) is 2.63. The third kappa shape index (κ3) is 1.42. The van der Waals surface area contributed by atoms with Crippen molar-refractivity contribution >= 4 is 12.3 Å². The summed E-state index contributed by atoms with van der Waals surface area (Å²) >= 11 is 0. The van der Waals surface area contributed by atoms with Gasteiger partial charge in [-0.05, 0) is 12.3 Å². The molecule has 0 heterocycles. The molecule has 0 amide bonds. The van der Waals surface area contributed by atoms with Crippen LogP contribution >= 0.6 is 0 Å². The van der Waals surface area contributed by atoms with Crippen molar-refractivity contribution in [2.75, 3.05) is 0 Å². The summed E-state index contributed by atoms with van der Waals surface area (Å²) in [5, 5.41) is 8.59. The topological polar surface area (TPSA) is 54.4 Å². The van der Waals surface area contributed by atoms with E-state index in [0.29, 0.717) is 0 Å². The number of aliphatic carboxylic acids is 1. The van der Waals surface area contributed by atoms with Gasteiger partial charge >= 0.3 is 5.97 Å². The highest BCUT2D eigenvalue weighted by Crippen LogP contribution is 2.47. The van der Waals surface area contributed by atoms with Gasteiger partial charge in [-0.2, -0.15) is 0 Å². The normalized spacial score (nSPS) is 34.8. The van der Waals surface area contributed by atoms with Gasteiger partial charge in [0.2, 0.25) is 0 Å². The maximum absolute atomic E-state index is 10.5. The fourth-order valence-electron chi connectivity index (χ4n) is 1.64. The molecule has 0 aliphatic heterocycles. The number of carbonyl (C=O) groups excluding carboxylic acids is 1. The second-order valence-electron chi connectivity index (χ2n) is 3.03. The lowest BCUT2D eigenvalue weighted by Gasteiger charge is -1.89. The highest BCUT2D eigenvalue weighted by Gasteiger charge is 2.54. The molecule has 0 radical (unpaired) electrons. The first-order chi connectivity index (χ1) is 5.22. The third-order valence-electron chi connectivity index (χ3n) is 2.29. The molecular formula is C8H12O3. The maximum Gasteiger partial charge on any atom is 0.307 e. The zero-order valence-electron chi connectivity index (χ0n) is 6.49. The van der Waals surface area contributed by atoms with Crippen molar-refractivity contribution < 1.29 is 14.7 Å². The van der Waals surface area contributed by atoms with E-state index in [9.17, 15) is 9.59 Å². The third-order valence-corrected chi connectivity index (χ3v) is 2.29. The zero-order chi connectivity index (χ0) is 8.43. The van der Waals surface area contributed by atoms with Gasteiger partial charge < -0.3 is 9.90 Å². The number of hydrogen-bond acceptors (Lipinski definition) is 2. The lowest BCUT2D eigenvalue weighted by Crippen LogP contribution is -2.00. The van der Waals surface area contributed by atoms with Gasteiger partial charge in [0.25, 0.3) is 0 Å². The number of carboxylic acids is 1. The summed E-state index contributed by atoms with van der Waals surface area (Å²) < 4.78 is 0. The fourth-order valence-corrected chi connectivity index (χ4v) is 1.64. The lowest BCUT2D eigenvalue weighted by atomic mass is 10.2. The van der Waals surface area contributed by atoms with Crippen LogP contribution in [0.15, 0.2) is 0 Å². The van der Waals surface area contributed by atoms with Crippen LogP contribution in [0.3, 0.4) is 0 Å². The number of aldehydes is 1. The Balaban J connectivity index is 2.45. The van der Waals surface area contributed by atoms with Crippen molar-refractivity contribution in [1.29, 1.82) is 0 Å². The van der Waals surface area contributed by atoms with Crippen LogP contribution in [0.1, 0.15) is 19.8 Å². The van der Waals surface area contributed by atoms with Gasteiger partial charge in [-0.25, -0.2) is 0 Å². The molecule has 62 valence electrons. The van der Waals surface area contributed by atoms with E-state index in [1.54, 1.807) is 0 Å². The zero-order valence-corrected chi connectivity index (χ0v) is 6.49. The van der Waals surface area contributed by atoms with Crippen LogP contribution in [-0.2, 0) is 9.59 Å². The predicted molar refractivity (Wildman–Crippen MR) is 39.1 cm³/mol. The van der Waals surface area contributed by atoms with E-state index >= 15 is 0 Å². The van der Waals surface area contributed by atoms with Crippen LogP contribution in [0.2, 0.25) is 0 Å². The number of carboxylic acid groups (broad SMARTS) is 1. The molecule has 11 heavy (non-hydrogen) atoms. The molecule has 0 aromatic heterocycles. The Labute approximate surface area is 65.4 Å². The number of rotatable bonds is 4. The number of carbonyl (C=O) groups is 2. The Morgan fingerprint density at radius 3 is 2.55 bits per heavy atom. The molecule has 1 aliphatic carbocycles. The van der Waals surface area contributed by atoms with Gasteiger partial charge in [-0.15, -0.1) is 0 Å². The Morgan fingerprint density at radius 2 is 2.27 bits per heavy atom. The van der Waals surface area contributed by atoms with Gasteiger partial charge in [-0.3, -0.25) is 4.79 Å². The molecule has 3 unspecified atom stereocenters. The van der Waals surface area contributed by atoms with Crippen LogP contribution in [-0.4, -0.2) is 17.4 Å². The van der Waals surface area contributed by atoms with Gasteiger partial charge in [0.15, 0.2) is 0 Å². The summed E-state index contributed by atoms with van der Waals surface area (Å²) in [6.07, 6.45) is 2.60. The largest absolute Gasteiger partial charge is 0.481 e. The van der Waals surface area contributed by atoms with Crippen molar-refractivity contribution in [1.82, 2.24) is 0 Å². The second-order valence-corrected chi connectivity index (χ2v) is 3.03. The van der Waals surface area contributed by atoms with Gasteiger partial charge in [0, 0.05) is 5.92 Å². The van der Waals surface area contributed by atoms with Crippen molar-refractivity contribution in [3.05, 3.63) is 0 Å². The van der Waals surface area contributed by atoms with Crippen LogP contribution < -0.4 is 0 Å². The van der Waals surface area contributed by atoms with Crippen LogP contribution in [0.4, 0.5) is 0 Å². The predicted octanol–water partition coefficient (Wildman–Crippen LogP) is 0.932. The monoisotopic (exact) mass is 156 g/mol. The van der Waals surface area contributed by atoms with Crippen molar-refractivity contribution in [2.24, 2.45) is 17.8 Å². The minimum absolute atomic E-state index is 0.120. The van der Waals surface area contributed by atoms with Gasteiger partial charge in [0.05, 0.1) is 5.92 Å². The molecule has 1 fully saturated rings. The van der Waals surface area contributed by atoms with Crippen molar-refractivity contribution in [3.8, 4) is 0 Å². The molecule has 0 spiro atoms. The average molecular weight is 156 g/mol. The molecule has 1 aliphatic rings. The molecule has 3 nitrogen and oxygen atoms in total. The van der Waals surface area contributed by atoms with E-state index in [1.165, 1.54) is 0 Å². The second kappa shape index (κ2) is 3.03. The molecule has 0 bridgehead atoms. The Hall–Kier alpha value is -0.860. The summed E-state index contributed by atoms with van der Waals surface area (Å²) in [7, 11) is 0. The summed E-state index contributed by atoms with van der Waals surface area (Å²) in [6.45, 7) is 2.00. The Morgan fingerprint density at radius 1 is 1.64 bits per heavy atom. The first kappa shape index (κ1) is 8.24. The first-order valence-electron chi connectivity index (χ1n) is 3.90. The minimum Gasteiger partial charge on any atom is -0.481 e. The molecule has 1 N–H and O–H groups in total. The van der Waals surface area contributed by atoms with E-state index in [4.69, 9.17) is 5.11 Å². The summed E-state index contributed by atoms with van der Waals surface area (Å²) in [6, 6.07) is 0. The smallest absolute Gasteiger partial charge is 0.307 e. The summed E-state index contributed by atoms with van der Waals surface area (Å²) in [5.41, 5.74) is 0. The van der Waals surface area contributed by atoms with Gasteiger partial charge in [0.1, 0.15) is 6.29 Å². The molecule has 1 saturated carbocycles. The summed E-state index contributed by atoms with van der Waals surface area (Å²) in [4.78, 5) is 20.8. The Bertz CT molecular complexity index is 176. The number of hydrogen-bond donors (Lipinski definition) is 1. The van der Waals surface area contributed by atoms with E-state index in [0.717, 1.165) is 19.1 Å². The van der Waals surface area contributed by atoms with Crippen LogP contribution in [0, 0.1) is 17.8 Å². The summed E-state index contributed by atoms with van der Waals surface area (Å²) in [5.74, 6) is -1.28. The molecule has 3 heteroatoms. The maximum atomic E-state index is 10.5. The highest BCUT2D eigenvalue weighted by molar-refractivity contribution is 5.81. The van der Waals surface area contributed by atoms with E-state index in [1.807, 2.05) is 6.92 Å². The molecule has 0 aromatic carbocycles. The Kier molecular flexibility index (Phi) is 2.27. The fraction of sp³-hybridized carbons (Fsp3) is 0.750. The van der Waals surface area contributed by atoms with Crippen molar-refractivity contribution in [2.45, 2.75) is 19.8 Å². The lowest BCUT2D eigenvalue weighted by molar-refractivity contribution is -0.139. The quantitative estimate of drug-likeness (QED) is 0.616. The minimum atomic E-state index is -0.819. The van der Waals surface area contributed by atoms with E-state index < -0.39 is 5.97 Å². The molecule has 1 rings (SSSR count). The van der Waals surface area contributed by atoms with Crippen molar-refractivity contribution in [3.63, 3.8) is 0 Å². The first-order valence-corrected chi connectivity index (χ1v) is 3.90. The molecule has 3 atom stereocenters. The molecule has 0 saturated heterocycles. The van der Waals surface area contributed by atoms with Crippen LogP contribution in [0.25, 0.3) is 0 Å². The SMILES string of the molecule is CCCC1C(C=O)C1C(=O)O. The van der Waals surface area contributed by atoms with E-state index in [2.05, 4.69) is 0 Å². The standard InChI is InChI=1S/C8H12O3/c1-2-3-5-6(4-9)7(5)8(10)11/h4-7H,2-3H2,1H3,(H,10,11). The highest BCUT2D eigenvalue weighted by atomic mass is 16.4. The van der Waals surface area contributed by atoms with Gasteiger partial charge in [-0.1, -0.05) is 13.3 Å². The molecule has 0 aromatic rings. The van der Waals surface area contributed by atoms with E-state index in [-0.39, 0.29) is 17.8 Å². The van der Waals surface area contributed by atoms with Crippen LogP contribution in [0.5, 0.6) is 0 Å².